The first-order chi connectivity index (χ1) is 12.5. The number of benzene rings is 2. The average Bonchev–Trinajstić information content (AvgIpc) is 2.57. The predicted octanol–water partition coefficient (Wildman–Crippen LogP) is 3.69. The molecule has 2 rings (SSSR count). The lowest BCUT2D eigenvalue weighted by Crippen LogP contribution is -2.45. The number of nitro groups is 1. The molecular formula is C16H15Cl2N3O5S. The van der Waals surface area contributed by atoms with Crippen LogP contribution >= 0.6 is 23.2 Å². The summed E-state index contributed by atoms with van der Waals surface area (Å²) in [4.78, 5) is 22.9. The van der Waals surface area contributed by atoms with Crippen LogP contribution in [0, 0.1) is 10.1 Å². The Morgan fingerprint density at radius 1 is 1.19 bits per heavy atom. The van der Waals surface area contributed by atoms with Crippen LogP contribution in [0.25, 0.3) is 0 Å². The second-order valence-corrected chi connectivity index (χ2v) is 8.30. The van der Waals surface area contributed by atoms with E-state index in [1.165, 1.54) is 43.3 Å². The molecule has 0 heterocycles. The molecule has 0 aromatic heterocycles. The quantitative estimate of drug-likeness (QED) is 0.553. The number of anilines is 2. The monoisotopic (exact) mass is 431 g/mol. The predicted molar refractivity (Wildman–Crippen MR) is 105 cm³/mol. The first kappa shape index (κ1) is 20.9. The van der Waals surface area contributed by atoms with Gasteiger partial charge in [-0.3, -0.25) is 19.2 Å². The van der Waals surface area contributed by atoms with Gasteiger partial charge in [-0.1, -0.05) is 29.3 Å². The van der Waals surface area contributed by atoms with Gasteiger partial charge in [-0.2, -0.15) is 0 Å². The standard InChI is InChI=1S/C16H15Cl2N3O5S/c1-10(16(22)19-11-6-7-14(17)15(18)8-11)20(27(2,25)26)12-4-3-5-13(9-12)21(23)24/h3-10H,1-2H3,(H,19,22). The largest absolute Gasteiger partial charge is 0.324 e. The van der Waals surface area contributed by atoms with E-state index in [9.17, 15) is 23.3 Å². The van der Waals surface area contributed by atoms with E-state index in [4.69, 9.17) is 23.2 Å². The molecule has 8 nitrogen and oxygen atoms in total. The molecule has 144 valence electrons. The maximum atomic E-state index is 12.6. The molecule has 1 atom stereocenters. The van der Waals surface area contributed by atoms with Crippen molar-refractivity contribution in [1.29, 1.82) is 0 Å². The lowest BCUT2D eigenvalue weighted by molar-refractivity contribution is -0.384. The Bertz CT molecular complexity index is 997. The highest BCUT2D eigenvalue weighted by atomic mass is 35.5. The third-order valence-corrected chi connectivity index (χ3v) is 5.55. The molecule has 0 saturated heterocycles. The smallest absolute Gasteiger partial charge is 0.271 e. The van der Waals surface area contributed by atoms with Crippen LogP contribution in [0.15, 0.2) is 42.5 Å². The molecule has 1 unspecified atom stereocenters. The summed E-state index contributed by atoms with van der Waals surface area (Å²) in [7, 11) is -3.91. The third-order valence-electron chi connectivity index (χ3n) is 3.57. The van der Waals surface area contributed by atoms with E-state index in [-0.39, 0.29) is 16.4 Å². The van der Waals surface area contributed by atoms with Crippen molar-refractivity contribution in [3.63, 3.8) is 0 Å². The molecule has 0 fully saturated rings. The number of carbonyl (C=O) groups excluding carboxylic acids is 1. The Morgan fingerprint density at radius 2 is 1.85 bits per heavy atom. The molecule has 0 aliphatic rings. The molecule has 0 spiro atoms. The first-order valence-corrected chi connectivity index (χ1v) is 10.1. The highest BCUT2D eigenvalue weighted by molar-refractivity contribution is 7.92. The number of hydrogen-bond donors (Lipinski definition) is 1. The second-order valence-electron chi connectivity index (χ2n) is 5.63. The van der Waals surface area contributed by atoms with Crippen LogP contribution in [0.5, 0.6) is 0 Å². The topological polar surface area (TPSA) is 110 Å². The summed E-state index contributed by atoms with van der Waals surface area (Å²) in [6.07, 6.45) is 0.911. The zero-order valence-corrected chi connectivity index (χ0v) is 16.5. The number of nitrogens with one attached hydrogen (secondary N) is 1. The Hall–Kier alpha value is -2.36. The minimum absolute atomic E-state index is 0.00323. The number of halogens is 2. The minimum atomic E-state index is -3.91. The van der Waals surface area contributed by atoms with Gasteiger partial charge in [-0.05, 0) is 31.2 Å². The molecule has 27 heavy (non-hydrogen) atoms. The maximum Gasteiger partial charge on any atom is 0.271 e. The van der Waals surface area contributed by atoms with E-state index in [0.29, 0.717) is 10.7 Å². The Morgan fingerprint density at radius 3 is 2.41 bits per heavy atom. The van der Waals surface area contributed by atoms with Crippen molar-refractivity contribution in [2.75, 3.05) is 15.9 Å². The highest BCUT2D eigenvalue weighted by Crippen LogP contribution is 2.27. The van der Waals surface area contributed by atoms with Crippen LogP contribution in [0.3, 0.4) is 0 Å². The van der Waals surface area contributed by atoms with Gasteiger partial charge in [0.2, 0.25) is 15.9 Å². The minimum Gasteiger partial charge on any atom is -0.324 e. The van der Waals surface area contributed by atoms with Gasteiger partial charge in [0.05, 0.1) is 26.9 Å². The fourth-order valence-electron chi connectivity index (χ4n) is 2.37. The summed E-state index contributed by atoms with van der Waals surface area (Å²) < 4.78 is 25.3. The summed E-state index contributed by atoms with van der Waals surface area (Å²) in [5.41, 5.74) is 0.0375. The SMILES string of the molecule is CC(C(=O)Nc1ccc(Cl)c(Cl)c1)N(c1cccc([N+](=O)[O-])c1)S(C)(=O)=O. The van der Waals surface area contributed by atoms with E-state index in [1.54, 1.807) is 0 Å². The summed E-state index contributed by atoms with van der Waals surface area (Å²) in [5, 5.41) is 14.0. The second kappa shape index (κ2) is 8.12. The van der Waals surface area contributed by atoms with Crippen LogP contribution in [0.4, 0.5) is 17.1 Å². The van der Waals surface area contributed by atoms with Crippen LogP contribution < -0.4 is 9.62 Å². The lowest BCUT2D eigenvalue weighted by Gasteiger charge is -2.28. The number of nitrogens with zero attached hydrogens (tertiary/aromatic N) is 2. The van der Waals surface area contributed by atoms with E-state index in [2.05, 4.69) is 5.32 Å². The zero-order valence-electron chi connectivity index (χ0n) is 14.2. The Labute approximate surface area is 165 Å². The average molecular weight is 432 g/mol. The molecule has 1 amide bonds. The van der Waals surface area contributed by atoms with Crippen LogP contribution in [-0.4, -0.2) is 31.5 Å². The van der Waals surface area contributed by atoms with Gasteiger partial charge in [0.15, 0.2) is 0 Å². The number of rotatable bonds is 6. The molecule has 11 heteroatoms. The maximum absolute atomic E-state index is 12.6. The van der Waals surface area contributed by atoms with E-state index in [1.807, 2.05) is 0 Å². The molecule has 0 saturated carbocycles. The third kappa shape index (κ3) is 5.09. The number of hydrogen-bond acceptors (Lipinski definition) is 5. The van der Waals surface area contributed by atoms with Crippen molar-refractivity contribution in [1.82, 2.24) is 0 Å². The summed E-state index contributed by atoms with van der Waals surface area (Å²) in [6, 6.07) is 8.26. The molecular weight excluding hydrogens is 417 g/mol. The first-order valence-electron chi connectivity index (χ1n) is 7.50. The molecule has 2 aromatic rings. The summed E-state index contributed by atoms with van der Waals surface area (Å²) in [6.45, 7) is 1.37. The fraction of sp³-hybridized carbons (Fsp3) is 0.188. The van der Waals surface area contributed by atoms with Crippen molar-refractivity contribution >= 4 is 56.2 Å². The van der Waals surface area contributed by atoms with Gasteiger partial charge in [0.1, 0.15) is 6.04 Å². The lowest BCUT2D eigenvalue weighted by atomic mass is 10.2. The van der Waals surface area contributed by atoms with E-state index in [0.717, 1.165) is 16.6 Å². The molecule has 0 aliphatic heterocycles. The molecule has 0 radical (unpaired) electrons. The van der Waals surface area contributed by atoms with Crippen LogP contribution in [-0.2, 0) is 14.8 Å². The van der Waals surface area contributed by atoms with Crippen molar-refractivity contribution < 1.29 is 18.1 Å². The molecule has 0 bridgehead atoms. The number of nitro benzene ring substituents is 1. The van der Waals surface area contributed by atoms with Crippen molar-refractivity contribution in [3.05, 3.63) is 62.6 Å². The molecule has 0 aliphatic carbocycles. The Balaban J connectivity index is 2.36. The van der Waals surface area contributed by atoms with Gasteiger partial charge >= 0.3 is 0 Å². The number of sulfonamides is 1. The van der Waals surface area contributed by atoms with Gasteiger partial charge in [0.25, 0.3) is 5.69 Å². The van der Waals surface area contributed by atoms with Crippen LogP contribution in [0.1, 0.15) is 6.92 Å². The summed E-state index contributed by atoms with van der Waals surface area (Å²) in [5.74, 6) is -0.648. The fourth-order valence-corrected chi connectivity index (χ4v) is 3.84. The van der Waals surface area contributed by atoms with E-state index < -0.39 is 26.9 Å². The van der Waals surface area contributed by atoms with Crippen molar-refractivity contribution in [3.8, 4) is 0 Å². The van der Waals surface area contributed by atoms with Gasteiger partial charge in [0, 0.05) is 17.8 Å². The van der Waals surface area contributed by atoms with Crippen molar-refractivity contribution in [2.45, 2.75) is 13.0 Å². The van der Waals surface area contributed by atoms with Crippen molar-refractivity contribution in [2.24, 2.45) is 0 Å². The van der Waals surface area contributed by atoms with Gasteiger partial charge in [-0.25, -0.2) is 8.42 Å². The molecule has 2 aromatic carbocycles. The highest BCUT2D eigenvalue weighted by Gasteiger charge is 2.30. The number of non-ortho nitro benzene ring substituents is 1. The summed E-state index contributed by atoms with van der Waals surface area (Å²) >= 11 is 11.7. The van der Waals surface area contributed by atoms with E-state index >= 15 is 0 Å². The van der Waals surface area contributed by atoms with Gasteiger partial charge < -0.3 is 5.32 Å². The number of amides is 1. The zero-order chi connectivity index (χ0) is 20.4. The van der Waals surface area contributed by atoms with Crippen LogP contribution in [0.2, 0.25) is 10.0 Å². The number of carbonyl (C=O) groups is 1. The Kier molecular flexibility index (Phi) is 6.30. The van der Waals surface area contributed by atoms with Gasteiger partial charge in [-0.15, -0.1) is 0 Å². The normalized spacial score (nSPS) is 12.3. The molecule has 1 N–H and O–H groups in total.